The van der Waals surface area contributed by atoms with Crippen molar-refractivity contribution < 1.29 is 8.42 Å². The first-order valence-corrected chi connectivity index (χ1v) is 5.09. The molecule has 10 heavy (non-hydrogen) atoms. The Kier molecular flexibility index (Phi) is 1.99. The lowest BCUT2D eigenvalue weighted by Crippen LogP contribution is -2.27. The Morgan fingerprint density at radius 1 is 1.50 bits per heavy atom. The van der Waals surface area contributed by atoms with Gasteiger partial charge < -0.3 is 0 Å². The van der Waals surface area contributed by atoms with Gasteiger partial charge in [0.25, 0.3) is 0 Å². The van der Waals surface area contributed by atoms with Gasteiger partial charge >= 0.3 is 0 Å². The molecule has 0 saturated heterocycles. The number of nitrogens with zero attached hydrogens (tertiary/aromatic N) is 1. The highest BCUT2D eigenvalue weighted by Gasteiger charge is 2.12. The zero-order chi connectivity index (χ0) is 7.61. The highest BCUT2D eigenvalue weighted by Crippen LogP contribution is 2.08. The Morgan fingerprint density at radius 3 is 2.50 bits per heavy atom. The third-order valence-corrected chi connectivity index (χ3v) is 2.60. The summed E-state index contributed by atoms with van der Waals surface area (Å²) in [6.45, 7) is 0.634. The Labute approximate surface area is 61.4 Å². The second-order valence-corrected chi connectivity index (χ2v) is 4.34. The summed E-state index contributed by atoms with van der Waals surface area (Å²) in [7, 11) is -2.98. The predicted molar refractivity (Wildman–Crippen MR) is 39.9 cm³/mol. The summed E-state index contributed by atoms with van der Waals surface area (Å²) in [6.07, 6.45) is 6.67. The molecule has 1 rings (SSSR count). The minimum atomic E-state index is -2.98. The van der Waals surface area contributed by atoms with Crippen LogP contribution in [0.1, 0.15) is 12.8 Å². The number of rotatable bonds is 1. The molecule has 1 heterocycles. The molecule has 3 nitrogen and oxygen atoms in total. The second kappa shape index (κ2) is 2.62. The van der Waals surface area contributed by atoms with Gasteiger partial charge in [-0.1, -0.05) is 6.08 Å². The van der Waals surface area contributed by atoms with E-state index in [0.717, 1.165) is 12.8 Å². The van der Waals surface area contributed by atoms with E-state index in [0.29, 0.717) is 6.54 Å². The Morgan fingerprint density at radius 2 is 2.20 bits per heavy atom. The molecule has 1 aliphatic rings. The minimum Gasteiger partial charge on any atom is -0.278 e. The average Bonchev–Trinajstić information content (AvgIpc) is 1.88. The molecule has 0 aromatic rings. The molecule has 0 aromatic carbocycles. The van der Waals surface area contributed by atoms with Crippen LogP contribution in [0.25, 0.3) is 0 Å². The summed E-state index contributed by atoms with van der Waals surface area (Å²) in [6, 6.07) is 0. The fourth-order valence-electron chi connectivity index (χ4n) is 0.908. The first-order valence-electron chi connectivity index (χ1n) is 3.24. The first-order chi connectivity index (χ1) is 4.61. The quantitative estimate of drug-likeness (QED) is 0.563. The minimum absolute atomic E-state index is 0.634. The van der Waals surface area contributed by atoms with Crippen LogP contribution < -0.4 is 0 Å². The maximum Gasteiger partial charge on any atom is 0.231 e. The molecule has 0 radical (unpaired) electrons. The number of sulfonamides is 1. The van der Waals surface area contributed by atoms with Gasteiger partial charge in [-0.25, -0.2) is 8.42 Å². The topological polar surface area (TPSA) is 37.4 Å². The SMILES string of the molecule is CS(=O)(=O)N1C=CCCC1. The van der Waals surface area contributed by atoms with Crippen molar-refractivity contribution in [3.05, 3.63) is 12.3 Å². The summed E-state index contributed by atoms with van der Waals surface area (Å²) < 4.78 is 23.1. The van der Waals surface area contributed by atoms with Crippen LogP contribution in [0.4, 0.5) is 0 Å². The molecule has 0 fully saturated rings. The maximum absolute atomic E-state index is 10.9. The van der Waals surface area contributed by atoms with Crippen LogP contribution in [-0.4, -0.2) is 25.5 Å². The normalized spacial score (nSPS) is 19.5. The van der Waals surface area contributed by atoms with E-state index in [1.807, 2.05) is 6.08 Å². The number of allylic oxidation sites excluding steroid dienone is 1. The van der Waals surface area contributed by atoms with Gasteiger partial charge in [0.1, 0.15) is 0 Å². The van der Waals surface area contributed by atoms with Crippen LogP contribution in [0, 0.1) is 0 Å². The molecule has 0 bridgehead atoms. The standard InChI is InChI=1S/C6H11NO2S/c1-10(8,9)7-5-3-2-4-6-7/h3,5H,2,4,6H2,1H3. The van der Waals surface area contributed by atoms with Crippen molar-refractivity contribution in [2.24, 2.45) is 0 Å². The second-order valence-electron chi connectivity index (χ2n) is 2.40. The molecule has 0 spiro atoms. The van der Waals surface area contributed by atoms with E-state index in [2.05, 4.69) is 0 Å². The third-order valence-electron chi connectivity index (χ3n) is 1.45. The van der Waals surface area contributed by atoms with Crippen molar-refractivity contribution in [2.75, 3.05) is 12.8 Å². The van der Waals surface area contributed by atoms with E-state index in [9.17, 15) is 8.42 Å². The Bertz CT molecular complexity index is 230. The average molecular weight is 161 g/mol. The monoisotopic (exact) mass is 161 g/mol. The van der Waals surface area contributed by atoms with Gasteiger partial charge in [-0.05, 0) is 12.8 Å². The van der Waals surface area contributed by atoms with E-state index in [4.69, 9.17) is 0 Å². The van der Waals surface area contributed by atoms with Crippen LogP contribution in [0.15, 0.2) is 12.3 Å². The van der Waals surface area contributed by atoms with Crippen molar-refractivity contribution in [3.8, 4) is 0 Å². The van der Waals surface area contributed by atoms with Crippen LogP contribution in [0.5, 0.6) is 0 Å². The molecule has 0 N–H and O–H groups in total. The predicted octanol–water partition coefficient (Wildman–Crippen LogP) is 0.556. The fourth-order valence-corrected chi connectivity index (χ4v) is 1.68. The molecule has 58 valence electrons. The lowest BCUT2D eigenvalue weighted by Gasteiger charge is -2.20. The van der Waals surface area contributed by atoms with Gasteiger partial charge in [-0.2, -0.15) is 0 Å². The van der Waals surface area contributed by atoms with Crippen molar-refractivity contribution in [3.63, 3.8) is 0 Å². The van der Waals surface area contributed by atoms with Crippen LogP contribution in [-0.2, 0) is 10.0 Å². The molecule has 4 heteroatoms. The zero-order valence-electron chi connectivity index (χ0n) is 5.95. The molecule has 0 amide bonds. The lowest BCUT2D eigenvalue weighted by atomic mass is 10.2. The highest BCUT2D eigenvalue weighted by molar-refractivity contribution is 7.88. The van der Waals surface area contributed by atoms with E-state index >= 15 is 0 Å². The summed E-state index contributed by atoms with van der Waals surface area (Å²) in [5.74, 6) is 0. The largest absolute Gasteiger partial charge is 0.278 e. The van der Waals surface area contributed by atoms with Gasteiger partial charge in [0.15, 0.2) is 0 Å². The smallest absolute Gasteiger partial charge is 0.231 e. The third kappa shape index (κ3) is 1.73. The Hall–Kier alpha value is -0.510. The number of hydrogen-bond acceptors (Lipinski definition) is 2. The van der Waals surface area contributed by atoms with Crippen LogP contribution >= 0.6 is 0 Å². The van der Waals surface area contributed by atoms with Crippen molar-refractivity contribution in [1.82, 2.24) is 4.31 Å². The van der Waals surface area contributed by atoms with Gasteiger partial charge in [0.2, 0.25) is 10.0 Å². The maximum atomic E-state index is 10.9. The molecule has 0 unspecified atom stereocenters. The summed E-state index contributed by atoms with van der Waals surface area (Å²) in [5.41, 5.74) is 0. The van der Waals surface area contributed by atoms with Crippen molar-refractivity contribution in [2.45, 2.75) is 12.8 Å². The van der Waals surface area contributed by atoms with E-state index in [1.165, 1.54) is 10.6 Å². The Balaban J connectivity index is 2.74. The molecule has 0 aromatic heterocycles. The first kappa shape index (κ1) is 7.60. The van der Waals surface area contributed by atoms with Gasteiger partial charge in [-0.3, -0.25) is 4.31 Å². The molecule has 0 saturated carbocycles. The zero-order valence-corrected chi connectivity index (χ0v) is 6.76. The molecule has 0 aliphatic carbocycles. The van der Waals surface area contributed by atoms with Crippen LogP contribution in [0.3, 0.4) is 0 Å². The molecular weight excluding hydrogens is 150 g/mol. The molecule has 1 aliphatic heterocycles. The van der Waals surface area contributed by atoms with E-state index < -0.39 is 10.0 Å². The fraction of sp³-hybridized carbons (Fsp3) is 0.667. The lowest BCUT2D eigenvalue weighted by molar-refractivity contribution is 0.481. The summed E-state index contributed by atoms with van der Waals surface area (Å²) >= 11 is 0. The van der Waals surface area contributed by atoms with E-state index in [1.54, 1.807) is 6.20 Å². The van der Waals surface area contributed by atoms with E-state index in [-0.39, 0.29) is 0 Å². The van der Waals surface area contributed by atoms with Crippen LogP contribution in [0.2, 0.25) is 0 Å². The highest BCUT2D eigenvalue weighted by atomic mass is 32.2. The van der Waals surface area contributed by atoms with Crippen molar-refractivity contribution in [1.29, 1.82) is 0 Å². The van der Waals surface area contributed by atoms with Crippen molar-refractivity contribution >= 4 is 10.0 Å². The summed E-state index contributed by atoms with van der Waals surface area (Å²) in [5, 5.41) is 0. The molecule has 0 atom stereocenters. The summed E-state index contributed by atoms with van der Waals surface area (Å²) in [4.78, 5) is 0. The van der Waals surface area contributed by atoms with Gasteiger partial charge in [0.05, 0.1) is 6.26 Å². The number of hydrogen-bond donors (Lipinski definition) is 0. The molecular formula is C6H11NO2S. The van der Waals surface area contributed by atoms with Gasteiger partial charge in [-0.15, -0.1) is 0 Å². The van der Waals surface area contributed by atoms with Gasteiger partial charge in [0, 0.05) is 12.7 Å².